The van der Waals surface area contributed by atoms with E-state index < -0.39 is 0 Å². The quantitative estimate of drug-likeness (QED) is 0.323. The Bertz CT molecular complexity index is 1740. The highest BCUT2D eigenvalue weighted by atomic mass is 16.5. The molecule has 0 radical (unpaired) electrons. The first kappa shape index (κ1) is 27.5. The minimum absolute atomic E-state index is 0.0264. The minimum Gasteiger partial charge on any atom is -0.363 e. The molecule has 1 amide bonds. The normalized spacial score (nSPS) is 18.6. The zero-order valence-electron chi connectivity index (χ0n) is 23.6. The van der Waals surface area contributed by atoms with Gasteiger partial charge in [0.15, 0.2) is 0 Å². The maximum absolute atomic E-state index is 14.3. The Labute approximate surface area is 243 Å². The van der Waals surface area contributed by atoms with E-state index >= 15 is 0 Å². The molecule has 0 bridgehead atoms. The number of nitrogens with zero attached hydrogens (tertiary/aromatic N) is 6. The number of fused-ring (bicyclic) bond motifs is 1. The van der Waals surface area contributed by atoms with Crippen LogP contribution in [-0.4, -0.2) is 43.5 Å². The van der Waals surface area contributed by atoms with Gasteiger partial charge in [-0.25, -0.2) is 9.94 Å². The number of carbonyl (C=O) groups is 1. The summed E-state index contributed by atoms with van der Waals surface area (Å²) in [6.07, 6.45) is 6.83. The van der Waals surface area contributed by atoms with Crippen LogP contribution < -0.4 is 11.0 Å². The topological polar surface area (TPSA) is 127 Å². The Morgan fingerprint density at radius 2 is 1.88 bits per heavy atom. The number of amides is 1. The molecule has 0 spiro atoms. The van der Waals surface area contributed by atoms with Crippen molar-refractivity contribution in [1.82, 2.24) is 24.6 Å². The van der Waals surface area contributed by atoms with Gasteiger partial charge in [-0.05, 0) is 54.9 Å². The second-order valence-electron chi connectivity index (χ2n) is 10.9. The van der Waals surface area contributed by atoms with Crippen molar-refractivity contribution < 1.29 is 9.53 Å². The first-order chi connectivity index (χ1) is 20.6. The third-order valence-electron chi connectivity index (χ3n) is 8.21. The zero-order valence-corrected chi connectivity index (χ0v) is 23.6. The second-order valence-corrected chi connectivity index (χ2v) is 10.9. The van der Waals surface area contributed by atoms with Crippen LogP contribution in [0, 0.1) is 11.3 Å². The van der Waals surface area contributed by atoms with Gasteiger partial charge in [0.05, 0.1) is 30.0 Å². The molecule has 1 N–H and O–H groups in total. The summed E-state index contributed by atoms with van der Waals surface area (Å²) in [6.45, 7) is 2.18. The molecular weight excluding hydrogens is 530 g/mol. The van der Waals surface area contributed by atoms with Crippen molar-refractivity contribution >= 4 is 17.4 Å². The van der Waals surface area contributed by atoms with Gasteiger partial charge in [0.25, 0.3) is 5.56 Å². The fraction of sp³-hybridized carbons (Fsp3) is 0.375. The molecule has 1 aliphatic heterocycles. The van der Waals surface area contributed by atoms with Crippen LogP contribution in [0.25, 0.3) is 16.9 Å². The summed E-state index contributed by atoms with van der Waals surface area (Å²) in [6, 6.07) is 18.2. The van der Waals surface area contributed by atoms with Crippen molar-refractivity contribution in [2.45, 2.75) is 70.4 Å². The molecule has 214 valence electrons. The fourth-order valence-electron chi connectivity index (χ4n) is 6.23. The van der Waals surface area contributed by atoms with Gasteiger partial charge >= 0.3 is 0 Å². The van der Waals surface area contributed by atoms with Gasteiger partial charge in [-0.3, -0.25) is 14.2 Å². The maximum Gasteiger partial charge on any atom is 0.259 e. The lowest BCUT2D eigenvalue weighted by molar-refractivity contribution is -0.119. The molecule has 3 heterocycles. The summed E-state index contributed by atoms with van der Waals surface area (Å²) in [5.41, 5.74) is 8.68. The Hall–Kier alpha value is -4.62. The molecule has 1 saturated carbocycles. The highest BCUT2D eigenvalue weighted by Gasteiger charge is 2.28. The van der Waals surface area contributed by atoms with E-state index in [9.17, 15) is 9.59 Å². The highest BCUT2D eigenvalue weighted by molar-refractivity contribution is 6.16. The van der Waals surface area contributed by atoms with Crippen molar-refractivity contribution in [3.05, 3.63) is 87.6 Å². The molecule has 1 fully saturated rings. The molecule has 2 aromatic carbocycles. The third-order valence-corrected chi connectivity index (χ3v) is 8.21. The average molecular weight is 564 g/mol. The summed E-state index contributed by atoms with van der Waals surface area (Å²) in [5.74, 6) is 0.436. The van der Waals surface area contributed by atoms with E-state index in [1.54, 1.807) is 0 Å². The van der Waals surface area contributed by atoms with Crippen LogP contribution in [0.15, 0.2) is 64.8 Å². The van der Waals surface area contributed by atoms with Gasteiger partial charge in [-0.2, -0.15) is 20.4 Å². The van der Waals surface area contributed by atoms with E-state index in [2.05, 4.69) is 45.7 Å². The van der Waals surface area contributed by atoms with E-state index in [-0.39, 0.29) is 36.6 Å². The number of hydrogen-bond acceptors (Lipinski definition) is 7. The van der Waals surface area contributed by atoms with Crippen LogP contribution in [0.3, 0.4) is 0 Å². The van der Waals surface area contributed by atoms with Crippen molar-refractivity contribution in [2.24, 2.45) is 5.10 Å². The minimum atomic E-state index is -0.132. The third kappa shape index (κ3) is 5.35. The molecule has 6 rings (SSSR count). The first-order valence-corrected chi connectivity index (χ1v) is 14.6. The van der Waals surface area contributed by atoms with Crippen LogP contribution in [0.1, 0.15) is 73.9 Å². The molecule has 0 saturated heterocycles. The Morgan fingerprint density at radius 1 is 1.07 bits per heavy atom. The number of hydrazone groups is 1. The highest BCUT2D eigenvalue weighted by Crippen LogP contribution is 2.32. The molecule has 0 atom stereocenters. The molecule has 1 aliphatic carbocycles. The van der Waals surface area contributed by atoms with Gasteiger partial charge in [-0.1, -0.05) is 55.8 Å². The number of benzene rings is 2. The number of rotatable bonds is 9. The SMILES string of the molecule is CCCc1c(Cc2ccc(-c3ccccc3)c(C3=NNC(=O)C3)c2)c(=O)n(C2CCC(OCC#N)CC2)c2ncnn12. The lowest BCUT2D eigenvalue weighted by atomic mass is 9.91. The predicted octanol–water partition coefficient (Wildman–Crippen LogP) is 4.35. The van der Waals surface area contributed by atoms with Crippen LogP contribution in [0.5, 0.6) is 0 Å². The number of hydrogen-bond donors (Lipinski definition) is 1. The standard InChI is InChI=1S/C32H33N7O3/c1-2-6-29-27(31(41)38(32-34-20-35-39(29)32)23-10-12-24(13-11-23)42-16-15-33)18-21-9-14-25(22-7-4-3-5-8-22)26(17-21)28-19-30(40)37-36-28/h3-5,7-9,14,17,20,23-24H,2,6,10-13,16,18-19H2,1H3,(H,37,40). The lowest BCUT2D eigenvalue weighted by Crippen LogP contribution is -2.35. The van der Waals surface area contributed by atoms with Gasteiger partial charge in [-0.15, -0.1) is 0 Å². The maximum atomic E-state index is 14.3. The van der Waals surface area contributed by atoms with E-state index in [1.807, 2.05) is 45.5 Å². The van der Waals surface area contributed by atoms with E-state index in [4.69, 9.17) is 10.00 Å². The summed E-state index contributed by atoms with van der Waals surface area (Å²) in [4.78, 5) is 30.9. The Morgan fingerprint density at radius 3 is 2.60 bits per heavy atom. The molecule has 4 aromatic rings. The van der Waals surface area contributed by atoms with E-state index in [0.29, 0.717) is 29.9 Å². The Balaban J connectivity index is 1.41. The van der Waals surface area contributed by atoms with Crippen molar-refractivity contribution in [1.29, 1.82) is 5.26 Å². The monoisotopic (exact) mass is 563 g/mol. The van der Waals surface area contributed by atoms with Gasteiger partial charge < -0.3 is 4.74 Å². The Kier molecular flexibility index (Phi) is 7.93. The summed E-state index contributed by atoms with van der Waals surface area (Å²) in [7, 11) is 0. The number of nitriles is 1. The van der Waals surface area contributed by atoms with Crippen LogP contribution >= 0.6 is 0 Å². The van der Waals surface area contributed by atoms with Crippen LogP contribution in [0.4, 0.5) is 0 Å². The van der Waals surface area contributed by atoms with Crippen molar-refractivity contribution in [3.8, 4) is 17.2 Å². The number of nitrogens with one attached hydrogen (secondary N) is 1. The lowest BCUT2D eigenvalue weighted by Gasteiger charge is -2.30. The fourth-order valence-corrected chi connectivity index (χ4v) is 6.23. The van der Waals surface area contributed by atoms with E-state index in [1.165, 1.54) is 6.33 Å². The van der Waals surface area contributed by atoms with Gasteiger partial charge in [0.2, 0.25) is 11.7 Å². The molecule has 2 aliphatic rings. The van der Waals surface area contributed by atoms with Crippen LogP contribution in [-0.2, 0) is 22.4 Å². The van der Waals surface area contributed by atoms with Gasteiger partial charge in [0, 0.05) is 23.6 Å². The molecular formula is C32H33N7O3. The number of ether oxygens (including phenoxy) is 1. The number of carbonyl (C=O) groups excluding carboxylic acids is 1. The smallest absolute Gasteiger partial charge is 0.259 e. The predicted molar refractivity (Wildman–Crippen MR) is 158 cm³/mol. The largest absolute Gasteiger partial charge is 0.363 e. The number of aryl methyl sites for hydroxylation is 1. The molecule has 42 heavy (non-hydrogen) atoms. The summed E-state index contributed by atoms with van der Waals surface area (Å²) >= 11 is 0. The number of aromatic nitrogens is 4. The van der Waals surface area contributed by atoms with Gasteiger partial charge in [0.1, 0.15) is 12.9 Å². The summed E-state index contributed by atoms with van der Waals surface area (Å²) < 4.78 is 9.32. The van der Waals surface area contributed by atoms with E-state index in [0.717, 1.165) is 60.1 Å². The summed E-state index contributed by atoms with van der Waals surface area (Å²) in [5, 5.41) is 17.8. The first-order valence-electron chi connectivity index (χ1n) is 14.6. The molecule has 0 unspecified atom stereocenters. The average Bonchev–Trinajstić information content (AvgIpc) is 3.68. The second kappa shape index (κ2) is 12.1. The molecule has 2 aromatic heterocycles. The molecule has 10 heteroatoms. The van der Waals surface area contributed by atoms with Crippen molar-refractivity contribution in [2.75, 3.05) is 6.61 Å². The van der Waals surface area contributed by atoms with Crippen molar-refractivity contribution in [3.63, 3.8) is 0 Å². The van der Waals surface area contributed by atoms with Crippen LogP contribution in [0.2, 0.25) is 0 Å². The zero-order chi connectivity index (χ0) is 29.1. The molecule has 10 nitrogen and oxygen atoms in total.